The van der Waals surface area contributed by atoms with Gasteiger partial charge in [-0.05, 0) is 55.1 Å². The fourth-order valence-corrected chi connectivity index (χ4v) is 3.65. The van der Waals surface area contributed by atoms with Crippen LogP contribution in [0.4, 0.5) is 0 Å². The summed E-state index contributed by atoms with van der Waals surface area (Å²) in [7, 11) is 1.88. The van der Waals surface area contributed by atoms with Gasteiger partial charge in [-0.1, -0.05) is 18.2 Å². The highest BCUT2D eigenvalue weighted by Gasteiger charge is 2.22. The summed E-state index contributed by atoms with van der Waals surface area (Å²) in [6, 6.07) is 11.4. The zero-order valence-corrected chi connectivity index (χ0v) is 15.1. The molecule has 0 spiro atoms. The van der Waals surface area contributed by atoms with E-state index >= 15 is 0 Å². The quantitative estimate of drug-likeness (QED) is 0.864. The fraction of sp³-hybridized carbons (Fsp3) is 0.368. The standard InChI is InChI=1S/C19H23N3O2S/c1-22(16-8-10-20-11-9-16)19(24)15-6-4-14(5-7-15)13-21-18(23)17-3-2-12-25-17/h2-7,12,16,20H,8-11,13H2,1H3,(H,21,23). The zero-order chi connectivity index (χ0) is 17.6. The minimum atomic E-state index is -0.0687. The van der Waals surface area contributed by atoms with Crippen LogP contribution < -0.4 is 10.6 Å². The zero-order valence-electron chi connectivity index (χ0n) is 14.3. The van der Waals surface area contributed by atoms with Crippen molar-refractivity contribution >= 4 is 23.2 Å². The number of nitrogens with zero attached hydrogens (tertiary/aromatic N) is 1. The number of benzene rings is 1. The lowest BCUT2D eigenvalue weighted by Gasteiger charge is -2.31. The van der Waals surface area contributed by atoms with Gasteiger partial charge >= 0.3 is 0 Å². The van der Waals surface area contributed by atoms with Crippen molar-refractivity contribution in [2.75, 3.05) is 20.1 Å². The van der Waals surface area contributed by atoms with Crippen LogP contribution in [0.1, 0.15) is 38.4 Å². The van der Waals surface area contributed by atoms with Crippen molar-refractivity contribution in [3.63, 3.8) is 0 Å². The molecule has 2 aromatic rings. The molecular weight excluding hydrogens is 334 g/mol. The average molecular weight is 357 g/mol. The van der Waals surface area contributed by atoms with Crippen LogP contribution in [0.5, 0.6) is 0 Å². The molecule has 2 N–H and O–H groups in total. The van der Waals surface area contributed by atoms with Crippen LogP contribution in [0, 0.1) is 0 Å². The Bertz CT molecular complexity index is 707. The molecule has 0 aliphatic carbocycles. The minimum absolute atomic E-state index is 0.0565. The Labute approximate surface area is 152 Å². The van der Waals surface area contributed by atoms with Gasteiger partial charge in [0.2, 0.25) is 0 Å². The van der Waals surface area contributed by atoms with Crippen molar-refractivity contribution in [2.24, 2.45) is 0 Å². The predicted molar refractivity (Wildman–Crippen MR) is 99.9 cm³/mol. The largest absolute Gasteiger partial charge is 0.347 e. The molecule has 2 amide bonds. The van der Waals surface area contributed by atoms with E-state index in [0.717, 1.165) is 31.5 Å². The first-order chi connectivity index (χ1) is 12.1. The molecule has 0 radical (unpaired) electrons. The number of rotatable bonds is 5. The van der Waals surface area contributed by atoms with E-state index in [1.807, 2.05) is 47.7 Å². The summed E-state index contributed by atoms with van der Waals surface area (Å²) in [6.07, 6.45) is 1.99. The molecule has 25 heavy (non-hydrogen) atoms. The molecule has 1 aliphatic heterocycles. The molecule has 0 saturated carbocycles. The monoisotopic (exact) mass is 357 g/mol. The Kier molecular flexibility index (Phi) is 5.83. The molecule has 1 aromatic heterocycles. The third-order valence-electron chi connectivity index (χ3n) is 4.58. The number of hydrogen-bond donors (Lipinski definition) is 2. The Morgan fingerprint density at radius 2 is 1.92 bits per heavy atom. The molecule has 6 heteroatoms. The summed E-state index contributed by atoms with van der Waals surface area (Å²) in [5.74, 6) is -0.0122. The normalized spacial score (nSPS) is 14.9. The van der Waals surface area contributed by atoms with E-state index in [4.69, 9.17) is 0 Å². The highest BCUT2D eigenvalue weighted by Crippen LogP contribution is 2.15. The minimum Gasteiger partial charge on any atom is -0.347 e. The Hall–Kier alpha value is -2.18. The lowest BCUT2D eigenvalue weighted by Crippen LogP contribution is -2.43. The second-order valence-electron chi connectivity index (χ2n) is 6.25. The number of piperidine rings is 1. The number of thiophene rings is 1. The van der Waals surface area contributed by atoms with Gasteiger partial charge in [0, 0.05) is 25.2 Å². The first-order valence-electron chi connectivity index (χ1n) is 8.53. The molecule has 1 aliphatic rings. The SMILES string of the molecule is CN(C(=O)c1ccc(CNC(=O)c2cccs2)cc1)C1CCNCC1. The summed E-state index contributed by atoms with van der Waals surface area (Å²) in [5, 5.41) is 8.09. The van der Waals surface area contributed by atoms with Crippen LogP contribution in [0.2, 0.25) is 0 Å². The van der Waals surface area contributed by atoms with Crippen LogP contribution in [-0.4, -0.2) is 42.9 Å². The third kappa shape index (κ3) is 4.46. The van der Waals surface area contributed by atoms with E-state index in [2.05, 4.69) is 10.6 Å². The Morgan fingerprint density at radius 1 is 1.20 bits per heavy atom. The van der Waals surface area contributed by atoms with Gasteiger partial charge in [0.25, 0.3) is 11.8 Å². The number of nitrogens with one attached hydrogen (secondary N) is 2. The Balaban J connectivity index is 1.56. The summed E-state index contributed by atoms with van der Waals surface area (Å²) in [5.41, 5.74) is 1.67. The van der Waals surface area contributed by atoms with Crippen molar-refractivity contribution in [1.29, 1.82) is 0 Å². The first-order valence-corrected chi connectivity index (χ1v) is 9.41. The summed E-state index contributed by atoms with van der Waals surface area (Å²) >= 11 is 1.42. The topological polar surface area (TPSA) is 61.4 Å². The van der Waals surface area contributed by atoms with Gasteiger partial charge in [0.15, 0.2) is 0 Å². The van der Waals surface area contributed by atoms with Crippen LogP contribution in [0.25, 0.3) is 0 Å². The summed E-state index contributed by atoms with van der Waals surface area (Å²) in [6.45, 7) is 2.38. The molecule has 5 nitrogen and oxygen atoms in total. The van der Waals surface area contributed by atoms with E-state index in [1.165, 1.54) is 11.3 Å². The molecule has 0 bridgehead atoms. The molecule has 132 valence electrons. The lowest BCUT2D eigenvalue weighted by molar-refractivity contribution is 0.0703. The lowest BCUT2D eigenvalue weighted by atomic mass is 10.0. The molecule has 1 aromatic carbocycles. The Morgan fingerprint density at radius 3 is 2.56 bits per heavy atom. The van der Waals surface area contributed by atoms with E-state index in [-0.39, 0.29) is 11.8 Å². The van der Waals surface area contributed by atoms with Gasteiger partial charge in [0.05, 0.1) is 4.88 Å². The van der Waals surface area contributed by atoms with E-state index in [9.17, 15) is 9.59 Å². The van der Waals surface area contributed by atoms with Crippen LogP contribution in [0.3, 0.4) is 0 Å². The molecular formula is C19H23N3O2S. The van der Waals surface area contributed by atoms with Crippen molar-refractivity contribution in [2.45, 2.75) is 25.4 Å². The second-order valence-corrected chi connectivity index (χ2v) is 7.20. The highest BCUT2D eigenvalue weighted by atomic mass is 32.1. The van der Waals surface area contributed by atoms with Gasteiger partial charge in [-0.25, -0.2) is 0 Å². The van der Waals surface area contributed by atoms with Crippen LogP contribution in [0.15, 0.2) is 41.8 Å². The van der Waals surface area contributed by atoms with Gasteiger partial charge < -0.3 is 15.5 Å². The molecule has 0 atom stereocenters. The maximum Gasteiger partial charge on any atom is 0.261 e. The molecule has 1 saturated heterocycles. The molecule has 2 heterocycles. The second kappa shape index (κ2) is 8.27. The van der Waals surface area contributed by atoms with E-state index in [0.29, 0.717) is 23.0 Å². The number of carbonyl (C=O) groups excluding carboxylic acids is 2. The van der Waals surface area contributed by atoms with Gasteiger partial charge in [-0.15, -0.1) is 11.3 Å². The van der Waals surface area contributed by atoms with Gasteiger partial charge in [0.1, 0.15) is 0 Å². The number of hydrogen-bond acceptors (Lipinski definition) is 4. The number of amides is 2. The van der Waals surface area contributed by atoms with Crippen molar-refractivity contribution < 1.29 is 9.59 Å². The molecule has 3 rings (SSSR count). The maximum atomic E-state index is 12.6. The van der Waals surface area contributed by atoms with Crippen LogP contribution in [-0.2, 0) is 6.54 Å². The smallest absolute Gasteiger partial charge is 0.261 e. The predicted octanol–water partition coefficient (Wildman–Crippen LogP) is 2.50. The summed E-state index contributed by atoms with van der Waals surface area (Å²) < 4.78 is 0. The average Bonchev–Trinajstić information content (AvgIpc) is 3.21. The fourth-order valence-electron chi connectivity index (χ4n) is 3.01. The molecule has 0 unspecified atom stereocenters. The molecule has 1 fully saturated rings. The van der Waals surface area contributed by atoms with Crippen molar-refractivity contribution in [3.8, 4) is 0 Å². The van der Waals surface area contributed by atoms with E-state index < -0.39 is 0 Å². The van der Waals surface area contributed by atoms with Gasteiger partial charge in [-0.3, -0.25) is 9.59 Å². The maximum absolute atomic E-state index is 12.6. The van der Waals surface area contributed by atoms with Crippen molar-refractivity contribution in [3.05, 3.63) is 57.8 Å². The van der Waals surface area contributed by atoms with Crippen LogP contribution >= 0.6 is 11.3 Å². The third-order valence-corrected chi connectivity index (χ3v) is 5.44. The number of carbonyl (C=O) groups is 2. The van der Waals surface area contributed by atoms with E-state index in [1.54, 1.807) is 6.07 Å². The van der Waals surface area contributed by atoms with Crippen molar-refractivity contribution in [1.82, 2.24) is 15.5 Å². The first kappa shape index (κ1) is 17.6. The van der Waals surface area contributed by atoms with Gasteiger partial charge in [-0.2, -0.15) is 0 Å². The summed E-state index contributed by atoms with van der Waals surface area (Å²) in [4.78, 5) is 27.1. The highest BCUT2D eigenvalue weighted by molar-refractivity contribution is 7.12.